The molecule has 3 rings (SSSR count). The number of rotatable bonds is 2. The van der Waals surface area contributed by atoms with E-state index >= 15 is 0 Å². The van der Waals surface area contributed by atoms with Crippen LogP contribution in [0.15, 0.2) is 36.4 Å². The predicted molar refractivity (Wildman–Crippen MR) is 81.5 cm³/mol. The summed E-state index contributed by atoms with van der Waals surface area (Å²) < 4.78 is 19.3. The molecule has 0 aliphatic carbocycles. The largest absolute Gasteiger partial charge is 0.506 e. The van der Waals surface area contributed by atoms with Crippen LogP contribution >= 0.6 is 11.6 Å². The van der Waals surface area contributed by atoms with E-state index in [-0.39, 0.29) is 10.8 Å². The molecular formula is C16H15ClFNO2. The van der Waals surface area contributed by atoms with Gasteiger partial charge in [-0.3, -0.25) is 0 Å². The summed E-state index contributed by atoms with van der Waals surface area (Å²) in [6, 6.07) is 10.1. The Morgan fingerprint density at radius 2 is 1.76 bits per heavy atom. The van der Waals surface area contributed by atoms with Gasteiger partial charge < -0.3 is 14.7 Å². The third-order valence-corrected chi connectivity index (χ3v) is 3.89. The maximum atomic E-state index is 13.9. The molecule has 2 aromatic rings. The predicted octanol–water partition coefficient (Wildman–Crippen LogP) is 3.69. The van der Waals surface area contributed by atoms with E-state index in [0.29, 0.717) is 5.56 Å². The Morgan fingerprint density at radius 3 is 2.43 bits per heavy atom. The van der Waals surface area contributed by atoms with Gasteiger partial charge in [0, 0.05) is 30.4 Å². The second-order valence-electron chi connectivity index (χ2n) is 4.93. The van der Waals surface area contributed by atoms with Gasteiger partial charge in [-0.1, -0.05) is 23.7 Å². The maximum absolute atomic E-state index is 13.9. The van der Waals surface area contributed by atoms with Crippen molar-refractivity contribution in [2.24, 2.45) is 0 Å². The summed E-state index contributed by atoms with van der Waals surface area (Å²) in [4.78, 5) is 2.23. The number of halogens is 2. The quantitative estimate of drug-likeness (QED) is 0.918. The molecule has 1 heterocycles. The highest BCUT2D eigenvalue weighted by Gasteiger charge is 2.13. The number of phenols is 1. The second kappa shape index (κ2) is 5.92. The number of aromatic hydroxyl groups is 1. The van der Waals surface area contributed by atoms with Crippen molar-refractivity contribution in [2.75, 3.05) is 31.2 Å². The lowest BCUT2D eigenvalue weighted by Gasteiger charge is -2.28. The average Bonchev–Trinajstić information content (AvgIpc) is 2.52. The van der Waals surface area contributed by atoms with E-state index in [1.54, 1.807) is 0 Å². The van der Waals surface area contributed by atoms with Crippen LogP contribution < -0.4 is 4.90 Å². The molecule has 0 saturated carbocycles. The lowest BCUT2D eigenvalue weighted by atomic mass is 10.0. The highest BCUT2D eigenvalue weighted by molar-refractivity contribution is 6.32. The number of phenolic OH excluding ortho intramolecular Hbond substituents is 1. The third kappa shape index (κ3) is 2.96. The number of ether oxygens (including phenoxy) is 1. The van der Waals surface area contributed by atoms with Gasteiger partial charge in [0.05, 0.1) is 18.2 Å². The minimum absolute atomic E-state index is 0.142. The Labute approximate surface area is 127 Å². The highest BCUT2D eigenvalue weighted by atomic mass is 35.5. The number of benzene rings is 2. The van der Waals surface area contributed by atoms with E-state index in [9.17, 15) is 9.50 Å². The van der Waals surface area contributed by atoms with E-state index in [1.165, 1.54) is 6.07 Å². The van der Waals surface area contributed by atoms with Crippen molar-refractivity contribution in [2.45, 2.75) is 0 Å². The fraction of sp³-hybridized carbons (Fsp3) is 0.250. The standard InChI is InChI=1S/C16H15ClFNO2/c17-14-9-13(15(18)10-16(14)20)11-1-3-12(4-2-11)19-5-7-21-8-6-19/h1-4,9-10,20H,5-8H2. The number of nitrogens with zero attached hydrogens (tertiary/aromatic N) is 1. The summed E-state index contributed by atoms with van der Waals surface area (Å²) in [5.74, 6) is -0.737. The molecule has 110 valence electrons. The smallest absolute Gasteiger partial charge is 0.137 e. The van der Waals surface area contributed by atoms with E-state index in [0.717, 1.165) is 43.6 Å². The van der Waals surface area contributed by atoms with Gasteiger partial charge >= 0.3 is 0 Å². The summed E-state index contributed by atoms with van der Waals surface area (Å²) in [7, 11) is 0. The molecule has 1 saturated heterocycles. The molecule has 0 amide bonds. The fourth-order valence-electron chi connectivity index (χ4n) is 2.43. The van der Waals surface area contributed by atoms with Crippen LogP contribution in [0.4, 0.5) is 10.1 Å². The van der Waals surface area contributed by atoms with Crippen LogP contribution in [0.1, 0.15) is 0 Å². The Balaban J connectivity index is 1.88. The summed E-state index contributed by atoms with van der Waals surface area (Å²) in [6.07, 6.45) is 0. The van der Waals surface area contributed by atoms with Gasteiger partial charge in [-0.25, -0.2) is 4.39 Å². The number of morpholine rings is 1. The van der Waals surface area contributed by atoms with Crippen LogP contribution in [0.5, 0.6) is 5.75 Å². The molecule has 1 N–H and O–H groups in total. The van der Waals surface area contributed by atoms with Gasteiger partial charge in [0.25, 0.3) is 0 Å². The lowest BCUT2D eigenvalue weighted by molar-refractivity contribution is 0.122. The maximum Gasteiger partial charge on any atom is 0.137 e. The Morgan fingerprint density at radius 1 is 1.10 bits per heavy atom. The zero-order valence-electron chi connectivity index (χ0n) is 11.4. The monoisotopic (exact) mass is 307 g/mol. The number of hydrogen-bond acceptors (Lipinski definition) is 3. The Hall–Kier alpha value is -1.78. The molecule has 0 unspecified atom stereocenters. The molecule has 5 heteroatoms. The normalized spacial score (nSPS) is 15.2. The van der Waals surface area contributed by atoms with Crippen LogP contribution in [0.25, 0.3) is 11.1 Å². The van der Waals surface area contributed by atoms with Crippen molar-refractivity contribution in [1.29, 1.82) is 0 Å². The molecule has 0 atom stereocenters. The van der Waals surface area contributed by atoms with Gasteiger partial charge in [-0.15, -0.1) is 0 Å². The van der Waals surface area contributed by atoms with Crippen LogP contribution in [-0.2, 0) is 4.74 Å². The molecule has 0 radical (unpaired) electrons. The molecule has 3 nitrogen and oxygen atoms in total. The average molecular weight is 308 g/mol. The molecule has 0 bridgehead atoms. The van der Waals surface area contributed by atoms with Crippen LogP contribution in [0.3, 0.4) is 0 Å². The fourth-order valence-corrected chi connectivity index (χ4v) is 2.59. The number of anilines is 1. The topological polar surface area (TPSA) is 32.7 Å². The van der Waals surface area contributed by atoms with Crippen LogP contribution in [-0.4, -0.2) is 31.4 Å². The Bertz CT molecular complexity index is 639. The highest BCUT2D eigenvalue weighted by Crippen LogP contribution is 2.33. The molecular weight excluding hydrogens is 293 g/mol. The van der Waals surface area contributed by atoms with Crippen molar-refractivity contribution in [3.63, 3.8) is 0 Å². The minimum atomic E-state index is -0.490. The first-order valence-corrected chi connectivity index (χ1v) is 7.14. The molecule has 1 aliphatic heterocycles. The minimum Gasteiger partial charge on any atom is -0.506 e. The van der Waals surface area contributed by atoms with Gasteiger partial charge in [-0.2, -0.15) is 0 Å². The van der Waals surface area contributed by atoms with Gasteiger partial charge in [0.1, 0.15) is 11.6 Å². The first-order valence-electron chi connectivity index (χ1n) is 6.76. The van der Waals surface area contributed by atoms with Gasteiger partial charge in [0.2, 0.25) is 0 Å². The zero-order chi connectivity index (χ0) is 14.8. The third-order valence-electron chi connectivity index (χ3n) is 3.59. The molecule has 0 spiro atoms. The van der Waals surface area contributed by atoms with Crippen molar-refractivity contribution in [1.82, 2.24) is 0 Å². The van der Waals surface area contributed by atoms with E-state index < -0.39 is 5.82 Å². The molecule has 1 fully saturated rings. The summed E-state index contributed by atoms with van der Waals surface area (Å²) in [5, 5.41) is 9.54. The SMILES string of the molecule is Oc1cc(F)c(-c2ccc(N3CCOCC3)cc2)cc1Cl. The van der Waals surface area contributed by atoms with Crippen molar-refractivity contribution >= 4 is 17.3 Å². The summed E-state index contributed by atoms with van der Waals surface area (Å²) >= 11 is 5.85. The summed E-state index contributed by atoms with van der Waals surface area (Å²) in [6.45, 7) is 3.17. The van der Waals surface area contributed by atoms with Crippen LogP contribution in [0, 0.1) is 5.82 Å². The number of hydrogen-bond donors (Lipinski definition) is 1. The molecule has 0 aromatic heterocycles. The zero-order valence-corrected chi connectivity index (χ0v) is 12.1. The molecule has 1 aliphatic rings. The Kier molecular flexibility index (Phi) is 3.99. The first kappa shape index (κ1) is 14.2. The van der Waals surface area contributed by atoms with Crippen molar-refractivity contribution in [3.8, 4) is 16.9 Å². The van der Waals surface area contributed by atoms with E-state index in [2.05, 4.69) is 4.90 Å². The lowest BCUT2D eigenvalue weighted by Crippen LogP contribution is -2.36. The van der Waals surface area contributed by atoms with Gasteiger partial charge in [0.15, 0.2) is 0 Å². The van der Waals surface area contributed by atoms with Crippen molar-refractivity contribution in [3.05, 3.63) is 47.2 Å². The van der Waals surface area contributed by atoms with Gasteiger partial charge in [-0.05, 0) is 23.8 Å². The van der Waals surface area contributed by atoms with Crippen LogP contribution in [0.2, 0.25) is 5.02 Å². The molecule has 21 heavy (non-hydrogen) atoms. The van der Waals surface area contributed by atoms with E-state index in [1.807, 2.05) is 24.3 Å². The first-order chi connectivity index (χ1) is 10.1. The second-order valence-corrected chi connectivity index (χ2v) is 5.34. The summed E-state index contributed by atoms with van der Waals surface area (Å²) in [5.41, 5.74) is 2.20. The van der Waals surface area contributed by atoms with E-state index in [4.69, 9.17) is 16.3 Å². The van der Waals surface area contributed by atoms with Crippen molar-refractivity contribution < 1.29 is 14.2 Å². The molecule has 2 aromatic carbocycles.